The average Bonchev–Trinajstić information content (AvgIpc) is 2.90. The van der Waals surface area contributed by atoms with Gasteiger partial charge in [0.2, 0.25) is 0 Å². The van der Waals surface area contributed by atoms with Crippen molar-refractivity contribution < 1.29 is 9.15 Å². The summed E-state index contributed by atoms with van der Waals surface area (Å²) in [6, 6.07) is 11.9. The molecular formula is C16H21NO2. The number of rotatable bonds is 7. The molecule has 1 aromatic carbocycles. The van der Waals surface area contributed by atoms with Crippen molar-refractivity contribution in [3.8, 4) is 5.75 Å². The third-order valence-electron chi connectivity index (χ3n) is 2.87. The molecule has 0 atom stereocenters. The lowest BCUT2D eigenvalue weighted by molar-refractivity contribution is 0.289. The summed E-state index contributed by atoms with van der Waals surface area (Å²) >= 11 is 0. The summed E-state index contributed by atoms with van der Waals surface area (Å²) in [6.45, 7) is 5.87. The van der Waals surface area contributed by atoms with E-state index in [0.29, 0.717) is 12.5 Å². The predicted molar refractivity (Wildman–Crippen MR) is 77.4 cm³/mol. The number of nitrogens with one attached hydrogen (secondary N) is 1. The number of furan rings is 1. The molecule has 0 aliphatic rings. The van der Waals surface area contributed by atoms with E-state index in [0.717, 1.165) is 30.2 Å². The van der Waals surface area contributed by atoms with E-state index in [1.54, 1.807) is 6.26 Å². The first-order chi connectivity index (χ1) is 9.24. The van der Waals surface area contributed by atoms with Gasteiger partial charge in [0.05, 0.1) is 19.4 Å². The second-order valence-electron chi connectivity index (χ2n) is 4.99. The van der Waals surface area contributed by atoms with Crippen molar-refractivity contribution in [2.75, 3.05) is 11.9 Å². The van der Waals surface area contributed by atoms with Crippen molar-refractivity contribution in [3.05, 3.63) is 48.4 Å². The van der Waals surface area contributed by atoms with Gasteiger partial charge < -0.3 is 14.5 Å². The van der Waals surface area contributed by atoms with Crippen LogP contribution in [0.2, 0.25) is 0 Å². The van der Waals surface area contributed by atoms with Gasteiger partial charge in [-0.2, -0.15) is 0 Å². The molecule has 3 nitrogen and oxygen atoms in total. The zero-order chi connectivity index (χ0) is 13.5. The quantitative estimate of drug-likeness (QED) is 0.804. The molecule has 1 aromatic heterocycles. The second kappa shape index (κ2) is 6.88. The summed E-state index contributed by atoms with van der Waals surface area (Å²) in [4.78, 5) is 0. The Morgan fingerprint density at radius 3 is 2.58 bits per heavy atom. The van der Waals surface area contributed by atoms with Gasteiger partial charge in [0.15, 0.2) is 0 Å². The molecule has 0 bridgehead atoms. The van der Waals surface area contributed by atoms with Crippen LogP contribution in [0.4, 0.5) is 5.69 Å². The molecule has 0 aliphatic carbocycles. The van der Waals surface area contributed by atoms with E-state index in [2.05, 4.69) is 19.2 Å². The molecule has 0 saturated carbocycles. The summed E-state index contributed by atoms with van der Waals surface area (Å²) in [5.41, 5.74) is 1.06. The smallest absolute Gasteiger partial charge is 0.122 e. The lowest BCUT2D eigenvalue weighted by Gasteiger charge is -2.09. The van der Waals surface area contributed by atoms with Crippen LogP contribution in [0.5, 0.6) is 5.75 Å². The minimum Gasteiger partial charge on any atom is -0.494 e. The van der Waals surface area contributed by atoms with Crippen LogP contribution in [-0.2, 0) is 6.54 Å². The summed E-state index contributed by atoms with van der Waals surface area (Å²) in [7, 11) is 0. The van der Waals surface area contributed by atoms with E-state index in [1.807, 2.05) is 36.4 Å². The van der Waals surface area contributed by atoms with E-state index >= 15 is 0 Å². The Morgan fingerprint density at radius 1 is 1.16 bits per heavy atom. The monoisotopic (exact) mass is 259 g/mol. The van der Waals surface area contributed by atoms with Crippen LogP contribution < -0.4 is 10.1 Å². The molecule has 0 aliphatic heterocycles. The standard InChI is InChI=1S/C16H21NO2/c1-13(2)9-11-19-15-7-5-14(6-8-15)17-12-16-4-3-10-18-16/h3-8,10,13,17H,9,11-12H2,1-2H3. The van der Waals surface area contributed by atoms with E-state index < -0.39 is 0 Å². The van der Waals surface area contributed by atoms with Gasteiger partial charge in [-0.1, -0.05) is 13.8 Å². The van der Waals surface area contributed by atoms with Crippen LogP contribution in [0, 0.1) is 5.92 Å². The van der Waals surface area contributed by atoms with Gasteiger partial charge in [-0.15, -0.1) is 0 Å². The first-order valence-corrected chi connectivity index (χ1v) is 6.73. The van der Waals surface area contributed by atoms with Crippen LogP contribution in [0.25, 0.3) is 0 Å². The molecular weight excluding hydrogens is 238 g/mol. The number of ether oxygens (including phenoxy) is 1. The molecule has 0 fully saturated rings. The molecule has 3 heteroatoms. The first kappa shape index (κ1) is 13.5. The van der Waals surface area contributed by atoms with E-state index in [4.69, 9.17) is 9.15 Å². The first-order valence-electron chi connectivity index (χ1n) is 6.73. The molecule has 19 heavy (non-hydrogen) atoms. The average molecular weight is 259 g/mol. The minimum atomic E-state index is 0.675. The Morgan fingerprint density at radius 2 is 1.95 bits per heavy atom. The van der Waals surface area contributed by atoms with Crippen molar-refractivity contribution in [2.24, 2.45) is 5.92 Å². The number of hydrogen-bond acceptors (Lipinski definition) is 3. The highest BCUT2D eigenvalue weighted by atomic mass is 16.5. The molecule has 1 N–H and O–H groups in total. The van der Waals surface area contributed by atoms with Crippen LogP contribution in [-0.4, -0.2) is 6.61 Å². The molecule has 102 valence electrons. The molecule has 0 spiro atoms. The van der Waals surface area contributed by atoms with Crippen molar-refractivity contribution in [1.82, 2.24) is 0 Å². The number of anilines is 1. The Balaban J connectivity index is 1.77. The van der Waals surface area contributed by atoms with Crippen molar-refractivity contribution >= 4 is 5.69 Å². The summed E-state index contributed by atoms with van der Waals surface area (Å²) in [5.74, 6) is 2.52. The van der Waals surface area contributed by atoms with Gasteiger partial charge in [-0.3, -0.25) is 0 Å². The molecule has 0 amide bonds. The summed E-state index contributed by atoms with van der Waals surface area (Å²) in [5, 5.41) is 3.30. The lowest BCUT2D eigenvalue weighted by atomic mass is 10.1. The topological polar surface area (TPSA) is 34.4 Å². The summed E-state index contributed by atoms with van der Waals surface area (Å²) in [6.07, 6.45) is 2.77. The highest BCUT2D eigenvalue weighted by Crippen LogP contribution is 2.17. The fourth-order valence-electron chi connectivity index (χ4n) is 1.68. The van der Waals surface area contributed by atoms with Crippen molar-refractivity contribution in [1.29, 1.82) is 0 Å². The van der Waals surface area contributed by atoms with Gasteiger partial charge in [0.1, 0.15) is 11.5 Å². The maximum atomic E-state index is 5.68. The summed E-state index contributed by atoms with van der Waals surface area (Å²) < 4.78 is 10.9. The zero-order valence-corrected chi connectivity index (χ0v) is 11.6. The molecule has 2 aromatic rings. The van der Waals surface area contributed by atoms with Crippen molar-refractivity contribution in [2.45, 2.75) is 26.8 Å². The zero-order valence-electron chi connectivity index (χ0n) is 11.6. The Labute approximate surface area is 114 Å². The van der Waals surface area contributed by atoms with E-state index in [9.17, 15) is 0 Å². The predicted octanol–water partition coefficient (Wildman–Crippen LogP) is 4.32. The molecule has 0 radical (unpaired) electrons. The van der Waals surface area contributed by atoms with Crippen molar-refractivity contribution in [3.63, 3.8) is 0 Å². The Kier molecular flexibility index (Phi) is 4.90. The Bertz CT molecular complexity index is 460. The number of benzene rings is 1. The fraction of sp³-hybridized carbons (Fsp3) is 0.375. The van der Waals surface area contributed by atoms with Gasteiger partial charge >= 0.3 is 0 Å². The van der Waals surface area contributed by atoms with Crippen LogP contribution >= 0.6 is 0 Å². The van der Waals surface area contributed by atoms with Gasteiger partial charge in [-0.25, -0.2) is 0 Å². The van der Waals surface area contributed by atoms with Crippen LogP contribution in [0.15, 0.2) is 47.1 Å². The molecule has 1 heterocycles. The van der Waals surface area contributed by atoms with Crippen LogP contribution in [0.1, 0.15) is 26.0 Å². The second-order valence-corrected chi connectivity index (χ2v) is 4.99. The molecule has 2 rings (SSSR count). The van der Waals surface area contributed by atoms with Gasteiger partial charge in [-0.05, 0) is 48.7 Å². The maximum Gasteiger partial charge on any atom is 0.122 e. The van der Waals surface area contributed by atoms with Gasteiger partial charge in [0, 0.05) is 5.69 Å². The Hall–Kier alpha value is -1.90. The SMILES string of the molecule is CC(C)CCOc1ccc(NCc2ccco2)cc1. The maximum absolute atomic E-state index is 5.68. The number of hydrogen-bond donors (Lipinski definition) is 1. The fourth-order valence-corrected chi connectivity index (χ4v) is 1.68. The van der Waals surface area contributed by atoms with E-state index in [-0.39, 0.29) is 0 Å². The molecule has 0 unspecified atom stereocenters. The highest BCUT2D eigenvalue weighted by molar-refractivity contribution is 5.46. The normalized spacial score (nSPS) is 10.7. The van der Waals surface area contributed by atoms with E-state index in [1.165, 1.54) is 0 Å². The largest absolute Gasteiger partial charge is 0.494 e. The molecule has 0 saturated heterocycles. The van der Waals surface area contributed by atoms with Crippen LogP contribution in [0.3, 0.4) is 0 Å². The van der Waals surface area contributed by atoms with Gasteiger partial charge in [0.25, 0.3) is 0 Å². The lowest BCUT2D eigenvalue weighted by Crippen LogP contribution is -2.02. The third kappa shape index (κ3) is 4.70. The third-order valence-corrected chi connectivity index (χ3v) is 2.87. The highest BCUT2D eigenvalue weighted by Gasteiger charge is 1.99. The minimum absolute atomic E-state index is 0.675.